The Hall–Kier alpha value is -0.0800. The van der Waals surface area contributed by atoms with Crippen LogP contribution in [-0.4, -0.2) is 34.7 Å². The van der Waals surface area contributed by atoms with Crippen molar-refractivity contribution in [3.63, 3.8) is 0 Å². The topological polar surface area (TPSA) is 23.5 Å². The van der Waals surface area contributed by atoms with Gasteiger partial charge in [-0.2, -0.15) is 0 Å². The first kappa shape index (κ1) is 9.47. The molecule has 0 atom stereocenters. The van der Waals surface area contributed by atoms with Gasteiger partial charge in [-0.25, -0.2) is 0 Å². The van der Waals surface area contributed by atoms with E-state index in [0.29, 0.717) is 12.0 Å². The minimum absolute atomic E-state index is 0.289. The fourth-order valence-corrected chi connectivity index (χ4v) is 2.60. The minimum Gasteiger partial charge on any atom is -0.387 e. The summed E-state index contributed by atoms with van der Waals surface area (Å²) >= 11 is 0. The molecule has 13 heavy (non-hydrogen) atoms. The minimum atomic E-state index is -0.289. The standard InChI is InChI=1S/C11H21NO/c1-3-10(4-2)12-7-11(13,8-12)9-5-6-9/h9-10,13H,3-8H2,1-2H3. The van der Waals surface area contributed by atoms with Crippen molar-refractivity contribution >= 4 is 0 Å². The van der Waals surface area contributed by atoms with E-state index in [1.54, 1.807) is 0 Å². The van der Waals surface area contributed by atoms with Crippen LogP contribution in [0.5, 0.6) is 0 Å². The highest BCUT2D eigenvalue weighted by Crippen LogP contribution is 2.45. The van der Waals surface area contributed by atoms with Crippen molar-refractivity contribution in [1.82, 2.24) is 4.90 Å². The maximum atomic E-state index is 10.1. The smallest absolute Gasteiger partial charge is 0.0928 e. The lowest BCUT2D eigenvalue weighted by atomic mass is 9.86. The van der Waals surface area contributed by atoms with E-state index in [-0.39, 0.29) is 5.60 Å². The number of nitrogens with zero attached hydrogens (tertiary/aromatic N) is 1. The summed E-state index contributed by atoms with van der Waals surface area (Å²) in [5, 5.41) is 10.1. The molecule has 0 bridgehead atoms. The lowest BCUT2D eigenvalue weighted by molar-refractivity contribution is -0.130. The van der Waals surface area contributed by atoms with Crippen molar-refractivity contribution in [3.05, 3.63) is 0 Å². The molecule has 2 fully saturated rings. The van der Waals surface area contributed by atoms with E-state index >= 15 is 0 Å². The zero-order valence-corrected chi connectivity index (χ0v) is 8.79. The van der Waals surface area contributed by atoms with Crippen molar-refractivity contribution in [1.29, 1.82) is 0 Å². The summed E-state index contributed by atoms with van der Waals surface area (Å²) in [7, 11) is 0. The van der Waals surface area contributed by atoms with Crippen LogP contribution in [0.4, 0.5) is 0 Å². The molecule has 0 spiro atoms. The van der Waals surface area contributed by atoms with Gasteiger partial charge in [0.1, 0.15) is 0 Å². The number of hydrogen-bond acceptors (Lipinski definition) is 2. The Morgan fingerprint density at radius 1 is 1.31 bits per heavy atom. The summed E-state index contributed by atoms with van der Waals surface area (Å²) < 4.78 is 0. The van der Waals surface area contributed by atoms with Gasteiger partial charge in [0.05, 0.1) is 5.60 Å². The normalized spacial score (nSPS) is 27.7. The van der Waals surface area contributed by atoms with Crippen molar-refractivity contribution in [2.45, 2.75) is 51.2 Å². The number of rotatable bonds is 4. The van der Waals surface area contributed by atoms with Crippen molar-refractivity contribution in [3.8, 4) is 0 Å². The van der Waals surface area contributed by atoms with Crippen molar-refractivity contribution < 1.29 is 5.11 Å². The van der Waals surface area contributed by atoms with Gasteiger partial charge >= 0.3 is 0 Å². The molecule has 1 aliphatic heterocycles. The van der Waals surface area contributed by atoms with Crippen LogP contribution >= 0.6 is 0 Å². The second-order valence-corrected chi connectivity index (χ2v) is 4.75. The van der Waals surface area contributed by atoms with E-state index in [1.165, 1.54) is 25.7 Å². The predicted molar refractivity (Wildman–Crippen MR) is 53.6 cm³/mol. The summed E-state index contributed by atoms with van der Waals surface area (Å²) in [6, 6.07) is 0.707. The first-order valence-electron chi connectivity index (χ1n) is 5.66. The monoisotopic (exact) mass is 183 g/mol. The molecular formula is C11H21NO. The van der Waals surface area contributed by atoms with Gasteiger partial charge in [-0.15, -0.1) is 0 Å². The van der Waals surface area contributed by atoms with Crippen LogP contribution in [0.2, 0.25) is 0 Å². The molecule has 0 aromatic carbocycles. The van der Waals surface area contributed by atoms with Crippen LogP contribution in [0, 0.1) is 5.92 Å². The van der Waals surface area contributed by atoms with Crippen LogP contribution < -0.4 is 0 Å². The SMILES string of the molecule is CCC(CC)N1CC(O)(C2CC2)C1. The van der Waals surface area contributed by atoms with Gasteiger partial charge in [0.2, 0.25) is 0 Å². The number of hydrogen-bond donors (Lipinski definition) is 1. The molecule has 2 rings (SSSR count). The number of β-amino-alcohol motifs (C(OH)–C–C–N with tert-alkyl or cyclic N) is 1. The average molecular weight is 183 g/mol. The Balaban J connectivity index is 1.82. The Bertz CT molecular complexity index is 179. The fraction of sp³-hybridized carbons (Fsp3) is 1.00. The highest BCUT2D eigenvalue weighted by molar-refractivity contribution is 5.06. The third-order valence-corrected chi connectivity index (χ3v) is 3.75. The van der Waals surface area contributed by atoms with Crippen LogP contribution in [0.1, 0.15) is 39.5 Å². The van der Waals surface area contributed by atoms with Gasteiger partial charge in [0.15, 0.2) is 0 Å². The number of aliphatic hydroxyl groups is 1. The molecule has 0 radical (unpaired) electrons. The largest absolute Gasteiger partial charge is 0.387 e. The van der Waals surface area contributed by atoms with Gasteiger partial charge in [-0.05, 0) is 31.6 Å². The van der Waals surface area contributed by atoms with Gasteiger partial charge in [0, 0.05) is 19.1 Å². The van der Waals surface area contributed by atoms with E-state index in [2.05, 4.69) is 18.7 Å². The molecule has 0 amide bonds. The second kappa shape index (κ2) is 3.25. The van der Waals surface area contributed by atoms with E-state index in [0.717, 1.165) is 13.1 Å². The Labute approximate surface area is 80.9 Å². The summed E-state index contributed by atoms with van der Waals surface area (Å²) in [5.74, 6) is 0.637. The van der Waals surface area contributed by atoms with Crippen LogP contribution in [0.25, 0.3) is 0 Å². The van der Waals surface area contributed by atoms with Gasteiger partial charge < -0.3 is 5.11 Å². The zero-order chi connectivity index (χ0) is 9.47. The van der Waals surface area contributed by atoms with Crippen molar-refractivity contribution in [2.24, 2.45) is 5.92 Å². The lowest BCUT2D eigenvalue weighted by Gasteiger charge is -2.50. The molecule has 2 heteroatoms. The molecule has 1 heterocycles. The number of likely N-dealkylation sites (tertiary alicyclic amines) is 1. The van der Waals surface area contributed by atoms with E-state index < -0.39 is 0 Å². The molecule has 1 N–H and O–H groups in total. The van der Waals surface area contributed by atoms with Gasteiger partial charge in [-0.1, -0.05) is 13.8 Å². The molecule has 0 unspecified atom stereocenters. The Morgan fingerprint density at radius 2 is 1.85 bits per heavy atom. The quantitative estimate of drug-likeness (QED) is 0.716. The molecule has 2 aliphatic rings. The van der Waals surface area contributed by atoms with E-state index in [4.69, 9.17) is 0 Å². The van der Waals surface area contributed by atoms with Crippen LogP contribution in [0.15, 0.2) is 0 Å². The Kier molecular flexibility index (Phi) is 2.37. The summed E-state index contributed by atoms with van der Waals surface area (Å²) in [4.78, 5) is 2.44. The molecule has 0 aromatic heterocycles. The predicted octanol–water partition coefficient (Wildman–Crippen LogP) is 1.63. The lowest BCUT2D eigenvalue weighted by Crippen LogP contribution is -2.65. The van der Waals surface area contributed by atoms with Crippen LogP contribution in [0.3, 0.4) is 0 Å². The molecule has 0 aromatic rings. The molecule has 1 saturated heterocycles. The first-order chi connectivity index (χ1) is 6.19. The molecule has 1 aliphatic carbocycles. The molecule has 2 nitrogen and oxygen atoms in total. The fourth-order valence-electron chi connectivity index (χ4n) is 2.60. The molecule has 76 valence electrons. The third kappa shape index (κ3) is 1.62. The van der Waals surface area contributed by atoms with E-state index in [1.807, 2.05) is 0 Å². The van der Waals surface area contributed by atoms with Gasteiger partial charge in [-0.3, -0.25) is 4.90 Å². The maximum absolute atomic E-state index is 10.1. The third-order valence-electron chi connectivity index (χ3n) is 3.75. The molecular weight excluding hydrogens is 162 g/mol. The average Bonchev–Trinajstić information content (AvgIpc) is 2.85. The maximum Gasteiger partial charge on any atom is 0.0928 e. The van der Waals surface area contributed by atoms with Crippen molar-refractivity contribution in [2.75, 3.05) is 13.1 Å². The second-order valence-electron chi connectivity index (χ2n) is 4.75. The highest BCUT2D eigenvalue weighted by atomic mass is 16.3. The van der Waals surface area contributed by atoms with Gasteiger partial charge in [0.25, 0.3) is 0 Å². The summed E-state index contributed by atoms with van der Waals surface area (Å²) in [6.07, 6.45) is 4.95. The molecule has 1 saturated carbocycles. The van der Waals surface area contributed by atoms with Crippen LogP contribution in [-0.2, 0) is 0 Å². The summed E-state index contributed by atoms with van der Waals surface area (Å²) in [5.41, 5.74) is -0.289. The zero-order valence-electron chi connectivity index (χ0n) is 8.79. The summed E-state index contributed by atoms with van der Waals surface area (Å²) in [6.45, 7) is 6.35. The van der Waals surface area contributed by atoms with E-state index in [9.17, 15) is 5.11 Å². The highest BCUT2D eigenvalue weighted by Gasteiger charge is 2.52. The Morgan fingerprint density at radius 3 is 2.23 bits per heavy atom. The first-order valence-corrected chi connectivity index (χ1v) is 5.66.